The van der Waals surface area contributed by atoms with E-state index in [9.17, 15) is 19.5 Å². The molecule has 0 unspecified atom stereocenters. The lowest BCUT2D eigenvalue weighted by Gasteiger charge is -2.39. The molecular formula is C81H123N13O14. The van der Waals surface area contributed by atoms with Crippen LogP contribution in [0.2, 0.25) is 0 Å². The molecule has 5 rings (SSSR count). The maximum absolute atomic E-state index is 16.0. The highest BCUT2D eigenvalue weighted by atomic mass is 16.3. The van der Waals surface area contributed by atoms with Crippen molar-refractivity contribution in [2.75, 3.05) is 69.5 Å². The first-order valence-electron chi connectivity index (χ1n) is 38.2. The van der Waals surface area contributed by atoms with Crippen molar-refractivity contribution in [3.05, 3.63) is 108 Å². The first-order chi connectivity index (χ1) is 50.7. The molecule has 2 aliphatic rings. The molecule has 2 fully saturated rings. The Hall–Kier alpha value is -9.27. The summed E-state index contributed by atoms with van der Waals surface area (Å²) in [4.78, 5) is 209. The van der Waals surface area contributed by atoms with Crippen LogP contribution in [-0.2, 0) is 76.8 Å². The highest BCUT2D eigenvalue weighted by Gasteiger charge is 2.47. The van der Waals surface area contributed by atoms with Crippen LogP contribution in [0.3, 0.4) is 0 Å². The van der Waals surface area contributed by atoms with E-state index in [2.05, 4.69) is 21.3 Å². The van der Waals surface area contributed by atoms with Crippen LogP contribution in [0.25, 0.3) is 0 Å². The second-order valence-corrected chi connectivity index (χ2v) is 31.3. The molecule has 2 heterocycles. The summed E-state index contributed by atoms with van der Waals surface area (Å²) in [5.74, 6) is -11.6. The van der Waals surface area contributed by atoms with Gasteiger partial charge >= 0.3 is 6.03 Å². The van der Waals surface area contributed by atoms with Crippen LogP contribution in [-0.4, -0.2) is 268 Å². The second-order valence-electron chi connectivity index (χ2n) is 31.3. The van der Waals surface area contributed by atoms with Crippen molar-refractivity contribution in [1.29, 1.82) is 0 Å². The molecule has 0 radical (unpaired) electrons. The first kappa shape index (κ1) is 89.4. The van der Waals surface area contributed by atoms with Crippen molar-refractivity contribution in [3.8, 4) is 0 Å². The van der Waals surface area contributed by atoms with E-state index in [4.69, 9.17) is 0 Å². The summed E-state index contributed by atoms with van der Waals surface area (Å²) >= 11 is 0. The average Bonchev–Trinajstić information content (AvgIpc) is 0.800. The van der Waals surface area contributed by atoms with Gasteiger partial charge in [0, 0.05) is 88.7 Å². The van der Waals surface area contributed by atoms with Crippen molar-refractivity contribution in [2.45, 2.75) is 226 Å². The van der Waals surface area contributed by atoms with E-state index in [1.807, 2.05) is 55.4 Å². The number of urea groups is 1. The fraction of sp³-hybridized carbons (Fsp3) is 0.617. The van der Waals surface area contributed by atoms with E-state index < -0.39 is 144 Å². The Balaban J connectivity index is 1.74. The number of likely N-dealkylation sites (N-methyl/N-ethyl adjacent to an activating group) is 8. The zero-order chi connectivity index (χ0) is 80.9. The van der Waals surface area contributed by atoms with E-state index in [1.54, 1.807) is 110 Å². The average molecular weight is 1500 g/mol. The Morgan fingerprint density at radius 2 is 0.944 bits per heavy atom. The molecule has 14 amide bonds. The third kappa shape index (κ3) is 23.9. The number of likely N-dealkylation sites (tertiary alicyclic amines) is 1. The van der Waals surface area contributed by atoms with Crippen molar-refractivity contribution in [3.63, 3.8) is 0 Å². The SMILES string of the molecule is CC[C@H](C)[C@H](NC(=O)[C@H](Cc1ccccc1)N(C)C(=O)[C@H](Cc1ccccc1)N(C)C(=O)[C@H]1NC(=O)[C@H](C)N(C)C(=O)[C@H]([C@@H](C)O)NC(=O)[C@H](CC(C)C)N(C)C(=O)[C@H](CC(C)C)N(C)C(=O)[C@H](CC(C)C)NC(=O)[C@H](Cc2ccccc2)N(C)C(=O)[C@H](CC(C)C)N(C)C(=O)N(C)C1=O)C(=O)N1CCCCC1. The van der Waals surface area contributed by atoms with Crippen LogP contribution < -0.4 is 21.3 Å². The summed E-state index contributed by atoms with van der Waals surface area (Å²) < 4.78 is 0. The molecule has 27 nitrogen and oxygen atoms in total. The molecule has 2 aliphatic heterocycles. The summed E-state index contributed by atoms with van der Waals surface area (Å²) in [6.07, 6.45) is 1.20. The molecule has 0 saturated carbocycles. The highest BCUT2D eigenvalue weighted by Crippen LogP contribution is 2.26. The van der Waals surface area contributed by atoms with Gasteiger partial charge in [-0.3, -0.25) is 62.4 Å². The molecular weight excluding hydrogens is 1380 g/mol. The zero-order valence-corrected chi connectivity index (χ0v) is 67.4. The van der Waals surface area contributed by atoms with Gasteiger partial charge in [-0.1, -0.05) is 167 Å². The third-order valence-corrected chi connectivity index (χ3v) is 21.0. The summed E-state index contributed by atoms with van der Waals surface area (Å²) in [5.41, 5.74) is 1.79. The third-order valence-electron chi connectivity index (χ3n) is 21.0. The van der Waals surface area contributed by atoms with Gasteiger partial charge in [-0.25, -0.2) is 4.79 Å². The Morgan fingerprint density at radius 1 is 0.500 bits per heavy atom. The Kier molecular flexibility index (Phi) is 34.2. The van der Waals surface area contributed by atoms with Gasteiger partial charge in [-0.05, 0) is 105 Å². The number of benzene rings is 3. The summed E-state index contributed by atoms with van der Waals surface area (Å²) in [5, 5.41) is 22.5. The molecule has 0 bridgehead atoms. The van der Waals surface area contributed by atoms with Gasteiger partial charge in [0.1, 0.15) is 60.4 Å². The zero-order valence-electron chi connectivity index (χ0n) is 67.4. The molecule has 0 aliphatic carbocycles. The van der Waals surface area contributed by atoms with Gasteiger partial charge in [-0.2, -0.15) is 0 Å². The number of nitrogens with zero attached hydrogens (tertiary/aromatic N) is 9. The monoisotopic (exact) mass is 1500 g/mol. The number of hydrogen-bond donors (Lipinski definition) is 5. The summed E-state index contributed by atoms with van der Waals surface area (Å²) in [7, 11) is 10.3. The molecule has 2 saturated heterocycles. The van der Waals surface area contributed by atoms with E-state index in [0.29, 0.717) is 41.1 Å². The van der Waals surface area contributed by atoms with Crippen molar-refractivity contribution >= 4 is 76.9 Å². The fourth-order valence-corrected chi connectivity index (χ4v) is 13.8. The molecule has 13 atom stereocenters. The number of nitrogens with one attached hydrogen (secondary N) is 4. The fourth-order valence-electron chi connectivity index (χ4n) is 13.8. The largest absolute Gasteiger partial charge is 0.391 e. The van der Waals surface area contributed by atoms with Crippen molar-refractivity contribution < 1.29 is 67.4 Å². The van der Waals surface area contributed by atoms with Crippen LogP contribution in [0, 0.1) is 29.6 Å². The topological polar surface area (TPSA) is 319 Å². The Bertz CT molecular complexity index is 3560. The van der Waals surface area contributed by atoms with Gasteiger partial charge in [0.05, 0.1) is 6.10 Å². The lowest BCUT2D eigenvalue weighted by atomic mass is 9.95. The molecule has 0 aromatic heterocycles. The molecule has 27 heteroatoms. The number of amides is 14. The minimum Gasteiger partial charge on any atom is -0.391 e. The van der Waals surface area contributed by atoms with Crippen molar-refractivity contribution in [2.24, 2.45) is 29.6 Å². The predicted molar refractivity (Wildman–Crippen MR) is 412 cm³/mol. The van der Waals surface area contributed by atoms with Crippen LogP contribution >= 0.6 is 0 Å². The number of piperidine rings is 1. The molecule has 3 aromatic rings. The van der Waals surface area contributed by atoms with Crippen LogP contribution in [0.1, 0.15) is 151 Å². The number of rotatable bonds is 24. The van der Waals surface area contributed by atoms with E-state index in [1.165, 1.54) is 82.8 Å². The van der Waals surface area contributed by atoms with E-state index in [-0.39, 0.29) is 80.4 Å². The summed E-state index contributed by atoms with van der Waals surface area (Å²) in [6, 6.07) is 8.73. The van der Waals surface area contributed by atoms with Crippen LogP contribution in [0.15, 0.2) is 91.0 Å². The van der Waals surface area contributed by atoms with E-state index in [0.717, 1.165) is 41.0 Å². The normalized spacial score (nSPS) is 22.8. The quantitative estimate of drug-likeness (QED) is 0.0725. The lowest BCUT2D eigenvalue weighted by Crippen LogP contribution is -2.65. The number of imide groups is 1. The van der Waals surface area contributed by atoms with Crippen LogP contribution in [0.5, 0.6) is 0 Å². The van der Waals surface area contributed by atoms with Gasteiger partial charge < -0.3 is 65.6 Å². The minimum absolute atomic E-state index is 0.0247. The molecule has 5 N–H and O–H groups in total. The Labute approximate surface area is 639 Å². The lowest BCUT2D eigenvalue weighted by molar-refractivity contribution is -0.153. The molecule has 3 aromatic carbocycles. The molecule has 0 spiro atoms. The van der Waals surface area contributed by atoms with Gasteiger partial charge in [0.2, 0.25) is 59.1 Å². The van der Waals surface area contributed by atoms with Crippen LogP contribution in [0.4, 0.5) is 4.79 Å². The smallest absolute Gasteiger partial charge is 0.326 e. The second kappa shape index (κ2) is 41.3. The first-order valence-corrected chi connectivity index (χ1v) is 38.2. The van der Waals surface area contributed by atoms with Gasteiger partial charge in [0.25, 0.3) is 11.8 Å². The summed E-state index contributed by atoms with van der Waals surface area (Å²) in [6.45, 7) is 22.0. The standard InChI is InChI=1S/C81H123N13O14/c1-21-53(10)66(80(107)94-40-32-25-33-41-94)83-72(99)62(47-57-36-28-23-29-37-57)89(16)76(103)65(48-58-38-30-24-31-39-58)91(18)78(105)68-79(106)93(20)81(108)92(19)64(45-52(8)9)75(102)88(15)61(46-56-34-26-22-27-35-56)70(97)82-59(42-49(2)3)73(100)90(17)63(44-51(6)7)74(101)87(14)60(43-50(4)5)71(98)84-67(55(12)95)77(104)86(13)54(11)69(96)85-68/h22-24,26-31,34-39,49-55,59-68,95H,21,25,32-33,40-48H2,1-20H3,(H,82,97)(H,83,99)(H,84,98)(H,85,96)/t53-,54-,55+,59-,60-,61-,62-,63-,64-,65-,66-,67-,68+/m0/s1. The number of carbonyl (C=O) groups excluding carboxylic acids is 13. The van der Waals surface area contributed by atoms with Gasteiger partial charge in [-0.15, -0.1) is 0 Å². The molecule has 596 valence electrons. The van der Waals surface area contributed by atoms with Gasteiger partial charge in [0.15, 0.2) is 6.04 Å². The number of carbonyl (C=O) groups is 13. The number of hydrogen-bond acceptors (Lipinski definition) is 14. The predicted octanol–water partition coefficient (Wildman–Crippen LogP) is 5.15. The van der Waals surface area contributed by atoms with E-state index >= 15 is 47.9 Å². The minimum atomic E-state index is -2.43. The number of aliphatic hydroxyl groups excluding tert-OH is 1. The number of aliphatic hydroxyl groups is 1. The van der Waals surface area contributed by atoms with Crippen molar-refractivity contribution in [1.82, 2.24) is 65.4 Å². The highest BCUT2D eigenvalue weighted by molar-refractivity contribution is 6.12. The maximum Gasteiger partial charge on any atom is 0.326 e. The maximum atomic E-state index is 16.0. The molecule has 108 heavy (non-hydrogen) atoms. The Morgan fingerprint density at radius 3 is 1.43 bits per heavy atom.